The second-order valence-corrected chi connectivity index (χ2v) is 5.46. The molecule has 106 valence electrons. The van der Waals surface area contributed by atoms with Crippen molar-refractivity contribution in [2.75, 3.05) is 27.4 Å². The first-order valence-corrected chi connectivity index (χ1v) is 6.60. The highest BCUT2D eigenvalue weighted by atomic mass is 16.8. The van der Waals surface area contributed by atoms with Gasteiger partial charge in [0.2, 0.25) is 0 Å². The molecule has 1 spiro atoms. The number of methoxy groups -OCH3 is 2. The van der Waals surface area contributed by atoms with Gasteiger partial charge in [0, 0.05) is 20.6 Å². The second kappa shape index (κ2) is 5.43. The Bertz CT molecular complexity index is 265. The van der Waals surface area contributed by atoms with Crippen LogP contribution < -0.4 is 0 Å². The van der Waals surface area contributed by atoms with Gasteiger partial charge in [0.1, 0.15) is 17.8 Å². The highest BCUT2D eigenvalue weighted by Crippen LogP contribution is 2.46. The molecule has 1 unspecified atom stereocenters. The second-order valence-electron chi connectivity index (χ2n) is 5.46. The minimum Gasteiger partial charge on any atom is -0.385 e. The molecule has 2 fully saturated rings. The van der Waals surface area contributed by atoms with Crippen LogP contribution in [0.1, 0.15) is 32.6 Å². The summed E-state index contributed by atoms with van der Waals surface area (Å²) in [6.45, 7) is 2.70. The third kappa shape index (κ3) is 2.42. The predicted octanol–water partition coefficient (Wildman–Crippen LogP) is 1.08. The number of ether oxygens (including phenoxy) is 4. The number of aliphatic hydroxyl groups is 1. The largest absolute Gasteiger partial charge is 0.385 e. The van der Waals surface area contributed by atoms with E-state index in [1.807, 2.05) is 0 Å². The van der Waals surface area contributed by atoms with E-state index in [1.54, 1.807) is 21.1 Å². The van der Waals surface area contributed by atoms with Crippen LogP contribution in [-0.2, 0) is 18.9 Å². The molecule has 0 aromatic carbocycles. The topological polar surface area (TPSA) is 57.2 Å². The molecule has 0 aromatic heterocycles. The first-order valence-electron chi connectivity index (χ1n) is 6.60. The van der Waals surface area contributed by atoms with Crippen molar-refractivity contribution < 1.29 is 24.1 Å². The van der Waals surface area contributed by atoms with Crippen LogP contribution in [0.3, 0.4) is 0 Å². The SMILES string of the molecule is COC[C@@H]1OC2(CCCCC2(C)O)O[C@H]1COC. The Morgan fingerprint density at radius 1 is 1.06 bits per heavy atom. The normalized spacial score (nSPS) is 39.3. The molecule has 1 saturated heterocycles. The zero-order valence-electron chi connectivity index (χ0n) is 11.5. The van der Waals surface area contributed by atoms with Crippen molar-refractivity contribution in [3.05, 3.63) is 0 Å². The minimum atomic E-state index is -0.945. The van der Waals surface area contributed by atoms with Gasteiger partial charge in [0.15, 0.2) is 5.79 Å². The van der Waals surface area contributed by atoms with E-state index in [0.29, 0.717) is 19.6 Å². The summed E-state index contributed by atoms with van der Waals surface area (Å²) in [7, 11) is 3.27. The van der Waals surface area contributed by atoms with Crippen LogP contribution in [0.4, 0.5) is 0 Å². The Morgan fingerprint density at radius 3 is 2.00 bits per heavy atom. The van der Waals surface area contributed by atoms with Crippen molar-refractivity contribution in [1.29, 1.82) is 0 Å². The summed E-state index contributed by atoms with van der Waals surface area (Å²) in [5, 5.41) is 10.6. The van der Waals surface area contributed by atoms with Crippen molar-refractivity contribution in [3.63, 3.8) is 0 Å². The molecule has 5 nitrogen and oxygen atoms in total. The highest BCUT2D eigenvalue weighted by Gasteiger charge is 2.58. The van der Waals surface area contributed by atoms with Crippen molar-refractivity contribution in [1.82, 2.24) is 0 Å². The van der Waals surface area contributed by atoms with Crippen LogP contribution in [-0.4, -0.2) is 56.1 Å². The van der Waals surface area contributed by atoms with Gasteiger partial charge in [-0.05, 0) is 19.8 Å². The summed E-state index contributed by atoms with van der Waals surface area (Å²) in [4.78, 5) is 0. The molecule has 1 N–H and O–H groups in total. The van der Waals surface area contributed by atoms with Crippen LogP contribution in [0.15, 0.2) is 0 Å². The fourth-order valence-electron chi connectivity index (χ4n) is 2.94. The van der Waals surface area contributed by atoms with Gasteiger partial charge in [-0.2, -0.15) is 0 Å². The van der Waals surface area contributed by atoms with Gasteiger partial charge in [-0.3, -0.25) is 0 Å². The summed E-state index contributed by atoms with van der Waals surface area (Å²) >= 11 is 0. The molecule has 1 heterocycles. The van der Waals surface area contributed by atoms with Crippen LogP contribution in [0, 0.1) is 0 Å². The van der Waals surface area contributed by atoms with Crippen LogP contribution in [0.2, 0.25) is 0 Å². The van der Waals surface area contributed by atoms with Gasteiger partial charge in [-0.25, -0.2) is 0 Å². The van der Waals surface area contributed by atoms with Gasteiger partial charge in [-0.15, -0.1) is 0 Å². The molecule has 2 aliphatic rings. The van der Waals surface area contributed by atoms with E-state index in [0.717, 1.165) is 19.3 Å². The van der Waals surface area contributed by atoms with Gasteiger partial charge in [0.25, 0.3) is 0 Å². The van der Waals surface area contributed by atoms with E-state index >= 15 is 0 Å². The quantitative estimate of drug-likeness (QED) is 0.820. The van der Waals surface area contributed by atoms with E-state index in [1.165, 1.54) is 0 Å². The third-order valence-electron chi connectivity index (χ3n) is 4.00. The molecule has 1 saturated carbocycles. The van der Waals surface area contributed by atoms with E-state index < -0.39 is 11.4 Å². The Hall–Kier alpha value is -0.200. The Morgan fingerprint density at radius 2 is 1.56 bits per heavy atom. The van der Waals surface area contributed by atoms with E-state index in [9.17, 15) is 5.11 Å². The fourth-order valence-corrected chi connectivity index (χ4v) is 2.94. The fraction of sp³-hybridized carbons (Fsp3) is 1.00. The molecule has 0 bridgehead atoms. The van der Waals surface area contributed by atoms with Gasteiger partial charge >= 0.3 is 0 Å². The van der Waals surface area contributed by atoms with E-state index in [4.69, 9.17) is 18.9 Å². The zero-order valence-corrected chi connectivity index (χ0v) is 11.5. The lowest BCUT2D eigenvalue weighted by Gasteiger charge is -2.44. The maximum absolute atomic E-state index is 10.6. The molecular formula is C13H24O5. The van der Waals surface area contributed by atoms with Crippen molar-refractivity contribution in [2.45, 2.75) is 56.2 Å². The van der Waals surface area contributed by atoms with Crippen molar-refractivity contribution >= 4 is 0 Å². The Labute approximate surface area is 108 Å². The van der Waals surface area contributed by atoms with Crippen LogP contribution in [0.25, 0.3) is 0 Å². The minimum absolute atomic E-state index is 0.181. The molecule has 0 amide bonds. The highest BCUT2D eigenvalue weighted by molar-refractivity contribution is 5.00. The summed E-state index contributed by atoms with van der Waals surface area (Å²) in [5.74, 6) is -0.891. The maximum Gasteiger partial charge on any atom is 0.198 e. The van der Waals surface area contributed by atoms with Gasteiger partial charge in [-0.1, -0.05) is 6.42 Å². The lowest BCUT2D eigenvalue weighted by Crippen LogP contribution is -2.55. The zero-order chi connectivity index (χ0) is 13.2. The smallest absolute Gasteiger partial charge is 0.198 e. The molecule has 18 heavy (non-hydrogen) atoms. The molecule has 2 rings (SSSR count). The molecule has 5 heteroatoms. The molecule has 0 aromatic rings. The first-order chi connectivity index (χ1) is 8.54. The van der Waals surface area contributed by atoms with Gasteiger partial charge in [0.05, 0.1) is 13.2 Å². The Balaban J connectivity index is 2.14. The molecule has 1 aliphatic carbocycles. The summed E-state index contributed by atoms with van der Waals surface area (Å²) in [6, 6.07) is 0. The lowest BCUT2D eigenvalue weighted by molar-refractivity contribution is -0.292. The number of hydrogen-bond acceptors (Lipinski definition) is 5. The van der Waals surface area contributed by atoms with Crippen molar-refractivity contribution in [2.24, 2.45) is 0 Å². The summed E-state index contributed by atoms with van der Waals surface area (Å²) in [5.41, 5.74) is -0.945. The third-order valence-corrected chi connectivity index (χ3v) is 4.00. The molecule has 3 atom stereocenters. The molecular weight excluding hydrogens is 236 g/mol. The predicted molar refractivity (Wildman–Crippen MR) is 65.3 cm³/mol. The van der Waals surface area contributed by atoms with E-state index in [-0.39, 0.29) is 12.2 Å². The lowest BCUT2D eigenvalue weighted by atomic mass is 9.80. The average molecular weight is 260 g/mol. The molecule has 0 radical (unpaired) electrons. The summed E-state index contributed by atoms with van der Waals surface area (Å²) in [6.07, 6.45) is 3.08. The van der Waals surface area contributed by atoms with Crippen LogP contribution in [0.5, 0.6) is 0 Å². The first kappa shape index (κ1) is 14.2. The molecule has 1 aliphatic heterocycles. The van der Waals surface area contributed by atoms with E-state index in [2.05, 4.69) is 0 Å². The standard InChI is InChI=1S/C13H24O5/c1-12(14)6-4-5-7-13(12)17-10(8-15-2)11(18-13)9-16-3/h10-11,14H,4-9H2,1-3H3/t10-,11-,12?/m0/s1. The van der Waals surface area contributed by atoms with Gasteiger partial charge < -0.3 is 24.1 Å². The monoisotopic (exact) mass is 260 g/mol. The van der Waals surface area contributed by atoms with Crippen molar-refractivity contribution in [3.8, 4) is 0 Å². The number of rotatable bonds is 4. The summed E-state index contributed by atoms with van der Waals surface area (Å²) < 4.78 is 22.4. The number of hydrogen-bond donors (Lipinski definition) is 1. The Kier molecular flexibility index (Phi) is 4.29. The average Bonchev–Trinajstić information content (AvgIpc) is 2.65. The maximum atomic E-state index is 10.6. The van der Waals surface area contributed by atoms with Crippen LogP contribution >= 0.6 is 0 Å².